The highest BCUT2D eigenvalue weighted by Gasteiger charge is 2.36. The molecule has 10 nitrogen and oxygen atoms in total. The quantitative estimate of drug-likeness (QED) is 0.195. The van der Waals surface area contributed by atoms with Gasteiger partial charge in [-0.05, 0) is 74.3 Å². The summed E-state index contributed by atoms with van der Waals surface area (Å²) in [6, 6.07) is 11.4. The number of para-hydroxylation sites is 1. The average Bonchev–Trinajstić information content (AvgIpc) is 3.44. The first kappa shape index (κ1) is 37.2. The number of nitrogens with one attached hydrogen (secondary N) is 3. The number of allylic oxidation sites excluding steroid dienone is 2. The van der Waals surface area contributed by atoms with Crippen molar-refractivity contribution >= 4 is 34.6 Å². The Hall–Kier alpha value is -4.60. The second-order valence-electron chi connectivity index (χ2n) is 14.7. The molecular weight excluding hydrogens is 620 g/mol. The van der Waals surface area contributed by atoms with Gasteiger partial charge in [-0.3, -0.25) is 19.2 Å². The summed E-state index contributed by atoms with van der Waals surface area (Å²) in [5.74, 6) is -1.88. The number of phenolic OH excluding ortho intramolecular Hbond substituents is 1. The van der Waals surface area contributed by atoms with Crippen LogP contribution in [0.4, 0.5) is 0 Å². The van der Waals surface area contributed by atoms with E-state index in [-0.39, 0.29) is 47.8 Å². The molecular formula is C39H52N4O6. The Kier molecular flexibility index (Phi) is 12.3. The van der Waals surface area contributed by atoms with Gasteiger partial charge in [0.15, 0.2) is 0 Å². The maximum atomic E-state index is 14.4. The number of aromatic hydroxyl groups is 1. The molecule has 0 unspecified atom stereocenters. The third-order valence-electron chi connectivity index (χ3n) is 9.09. The molecule has 3 aromatic rings. The summed E-state index contributed by atoms with van der Waals surface area (Å²) >= 11 is 0. The minimum atomic E-state index is -0.995. The highest BCUT2D eigenvalue weighted by atomic mass is 16.5. The molecule has 0 aliphatic carbocycles. The second-order valence-corrected chi connectivity index (χ2v) is 14.7. The van der Waals surface area contributed by atoms with E-state index in [2.05, 4.69) is 21.7 Å². The molecule has 0 spiro atoms. The van der Waals surface area contributed by atoms with E-state index in [0.29, 0.717) is 31.2 Å². The van der Waals surface area contributed by atoms with Crippen molar-refractivity contribution in [1.82, 2.24) is 20.5 Å². The third kappa shape index (κ3) is 10.4. The molecule has 5 atom stereocenters. The van der Waals surface area contributed by atoms with Crippen molar-refractivity contribution in [3.05, 3.63) is 77.5 Å². The average molecular weight is 673 g/mol. The highest BCUT2D eigenvalue weighted by molar-refractivity contribution is 5.93. The largest absolute Gasteiger partial charge is 0.508 e. The van der Waals surface area contributed by atoms with E-state index in [1.54, 1.807) is 19.2 Å². The van der Waals surface area contributed by atoms with Crippen LogP contribution >= 0.6 is 0 Å². The molecule has 1 aliphatic rings. The molecule has 0 radical (unpaired) electrons. The number of benzene rings is 2. The summed E-state index contributed by atoms with van der Waals surface area (Å²) in [6.45, 7) is 11.7. The van der Waals surface area contributed by atoms with Crippen LogP contribution in [0.25, 0.3) is 10.9 Å². The first-order valence-electron chi connectivity index (χ1n) is 17.2. The molecule has 10 heteroatoms. The second kappa shape index (κ2) is 16.2. The molecule has 2 heterocycles. The summed E-state index contributed by atoms with van der Waals surface area (Å²) in [7, 11) is 1.59. The maximum Gasteiger partial charge on any atom is 0.308 e. The number of phenols is 1. The van der Waals surface area contributed by atoms with Crippen LogP contribution < -0.4 is 10.6 Å². The van der Waals surface area contributed by atoms with Crippen molar-refractivity contribution in [2.45, 2.75) is 104 Å². The number of cyclic esters (lactones) is 1. The van der Waals surface area contributed by atoms with Gasteiger partial charge in [0.1, 0.15) is 17.8 Å². The monoisotopic (exact) mass is 672 g/mol. The normalized spacial score (nSPS) is 25.3. The number of nitrogens with zero attached hydrogens (tertiary/aromatic N) is 1. The van der Waals surface area contributed by atoms with Gasteiger partial charge in [-0.1, -0.05) is 69.7 Å². The number of carbonyl (C=O) groups is 4. The molecule has 0 fully saturated rings. The smallest absolute Gasteiger partial charge is 0.308 e. The minimum Gasteiger partial charge on any atom is -0.508 e. The standard InChI is InChI=1S/C39H52N4O6/c1-24-11-10-12-26(3)49-35(45)21-32(27-15-17-29(44)18-16-27)41-37(47)34(20-28-23-40-31-14-9-8-13-30(28)31)43(7)38(48)33(22-39(4,5)6)42-36(46)25(2)19-24/h8-9,11,13-18,23,25-26,32-34,40,44H,10,12,19-22H2,1-7H3,(H,41,47)(H,42,46)/b24-11+/t25-,26-,32+,33-,34+/m0/s1. The Bertz CT molecular complexity index is 1650. The van der Waals surface area contributed by atoms with E-state index < -0.39 is 30.0 Å². The lowest BCUT2D eigenvalue weighted by Crippen LogP contribution is -2.56. The first-order chi connectivity index (χ1) is 23.1. The predicted molar refractivity (Wildman–Crippen MR) is 190 cm³/mol. The van der Waals surface area contributed by atoms with Crippen LogP contribution in [0.5, 0.6) is 5.75 Å². The van der Waals surface area contributed by atoms with Crippen molar-refractivity contribution in [2.24, 2.45) is 11.3 Å². The van der Waals surface area contributed by atoms with Gasteiger partial charge in [0.05, 0.1) is 18.6 Å². The number of fused-ring (bicyclic) bond motifs is 1. The van der Waals surface area contributed by atoms with Crippen LogP contribution in [0.3, 0.4) is 0 Å². The van der Waals surface area contributed by atoms with E-state index in [1.165, 1.54) is 17.0 Å². The van der Waals surface area contributed by atoms with E-state index in [4.69, 9.17) is 4.74 Å². The van der Waals surface area contributed by atoms with Crippen LogP contribution in [-0.4, -0.2) is 63.9 Å². The number of aromatic amines is 1. The van der Waals surface area contributed by atoms with Crippen molar-refractivity contribution in [2.75, 3.05) is 7.05 Å². The lowest BCUT2D eigenvalue weighted by atomic mass is 9.87. The number of esters is 1. The number of likely N-dealkylation sites (N-methyl/N-ethyl adjacent to an activating group) is 1. The summed E-state index contributed by atoms with van der Waals surface area (Å²) in [5.41, 5.74) is 3.08. The van der Waals surface area contributed by atoms with Crippen LogP contribution in [-0.2, 0) is 30.3 Å². The van der Waals surface area contributed by atoms with Gasteiger partial charge in [-0.2, -0.15) is 0 Å². The fraction of sp³-hybridized carbons (Fsp3) is 0.487. The van der Waals surface area contributed by atoms with Crippen LogP contribution in [0.1, 0.15) is 90.8 Å². The SMILES string of the molecule is C/C1=C\CC[C@H](C)OC(=O)C[C@H](c2ccc(O)cc2)NC(=O)[C@@H](Cc2c[nH]c3ccccc23)N(C)C(=O)[C@H](CC(C)(C)C)NC(=O)[C@@H](C)C1. The van der Waals surface area contributed by atoms with Crippen molar-refractivity contribution in [3.8, 4) is 5.75 Å². The van der Waals surface area contributed by atoms with Crippen molar-refractivity contribution in [1.29, 1.82) is 0 Å². The number of rotatable bonds is 4. The number of hydrogen-bond acceptors (Lipinski definition) is 6. The molecule has 4 N–H and O–H groups in total. The van der Waals surface area contributed by atoms with Crippen molar-refractivity contribution in [3.63, 3.8) is 0 Å². The minimum absolute atomic E-state index is 0.0505. The van der Waals surface area contributed by atoms with E-state index in [0.717, 1.165) is 22.0 Å². The molecule has 1 aromatic heterocycles. The molecule has 0 saturated carbocycles. The summed E-state index contributed by atoms with van der Waals surface area (Å²) in [5, 5.41) is 16.9. The maximum absolute atomic E-state index is 14.4. The topological polar surface area (TPSA) is 141 Å². The fourth-order valence-electron chi connectivity index (χ4n) is 6.39. The number of H-pyrrole nitrogens is 1. The van der Waals surface area contributed by atoms with Gasteiger partial charge >= 0.3 is 5.97 Å². The van der Waals surface area contributed by atoms with E-state index >= 15 is 0 Å². The van der Waals surface area contributed by atoms with Crippen LogP contribution in [0.15, 0.2) is 66.4 Å². The molecule has 0 saturated heterocycles. The predicted octanol–water partition coefficient (Wildman–Crippen LogP) is 6.11. The first-order valence-corrected chi connectivity index (χ1v) is 17.2. The Balaban J connectivity index is 1.77. The van der Waals surface area contributed by atoms with Crippen LogP contribution in [0, 0.1) is 11.3 Å². The Morgan fingerprint density at radius 1 is 0.939 bits per heavy atom. The van der Waals surface area contributed by atoms with Gasteiger partial charge < -0.3 is 30.4 Å². The summed E-state index contributed by atoms with van der Waals surface area (Å²) in [6.07, 6.45) is 5.71. The summed E-state index contributed by atoms with van der Waals surface area (Å²) < 4.78 is 5.76. The molecule has 1 aliphatic heterocycles. The van der Waals surface area contributed by atoms with Gasteiger partial charge in [0.25, 0.3) is 0 Å². The van der Waals surface area contributed by atoms with E-state index in [9.17, 15) is 24.3 Å². The number of carbonyl (C=O) groups excluding carboxylic acids is 4. The van der Waals surface area contributed by atoms with E-state index in [1.807, 2.05) is 72.0 Å². The van der Waals surface area contributed by atoms with Gasteiger partial charge in [-0.25, -0.2) is 0 Å². The number of hydrogen-bond donors (Lipinski definition) is 4. The number of aromatic nitrogens is 1. The lowest BCUT2D eigenvalue weighted by Gasteiger charge is -2.34. The Morgan fingerprint density at radius 2 is 1.63 bits per heavy atom. The number of amides is 3. The van der Waals surface area contributed by atoms with Gasteiger partial charge in [0, 0.05) is 36.5 Å². The molecule has 4 rings (SSSR count). The molecule has 2 aromatic carbocycles. The lowest BCUT2D eigenvalue weighted by molar-refractivity contribution is -0.149. The molecule has 49 heavy (non-hydrogen) atoms. The zero-order valence-corrected chi connectivity index (χ0v) is 29.8. The number of ether oxygens (including phenoxy) is 1. The zero-order valence-electron chi connectivity index (χ0n) is 29.8. The zero-order chi connectivity index (χ0) is 35.9. The fourth-order valence-corrected chi connectivity index (χ4v) is 6.39. The summed E-state index contributed by atoms with van der Waals surface area (Å²) in [4.78, 5) is 60.3. The van der Waals surface area contributed by atoms with Crippen LogP contribution in [0.2, 0.25) is 0 Å². The van der Waals surface area contributed by atoms with Gasteiger partial charge in [-0.15, -0.1) is 0 Å². The molecule has 264 valence electrons. The highest BCUT2D eigenvalue weighted by Crippen LogP contribution is 2.27. The Labute approximate surface area is 289 Å². The molecule has 0 bridgehead atoms. The van der Waals surface area contributed by atoms with Crippen molar-refractivity contribution < 1.29 is 29.0 Å². The molecule has 3 amide bonds. The third-order valence-corrected chi connectivity index (χ3v) is 9.09. The van der Waals surface area contributed by atoms with Gasteiger partial charge in [0.2, 0.25) is 17.7 Å². The Morgan fingerprint density at radius 3 is 2.33 bits per heavy atom.